The number of phenolic OH excluding ortho intramolecular Hbond substituents is 1. The van der Waals surface area contributed by atoms with Crippen LogP contribution in [0.3, 0.4) is 0 Å². The van der Waals surface area contributed by atoms with Crippen molar-refractivity contribution in [2.45, 2.75) is 6.92 Å². The number of amides is 1. The van der Waals surface area contributed by atoms with Crippen LogP contribution in [0.4, 0.5) is 5.69 Å². The molecule has 6 heteroatoms. The predicted octanol–water partition coefficient (Wildman–Crippen LogP) is 1.07. The lowest BCUT2D eigenvalue weighted by Crippen LogP contribution is -2.13. The van der Waals surface area contributed by atoms with Crippen molar-refractivity contribution in [2.75, 3.05) is 5.32 Å². The van der Waals surface area contributed by atoms with Crippen LogP contribution in [0, 0.1) is 6.92 Å². The summed E-state index contributed by atoms with van der Waals surface area (Å²) in [6.07, 6.45) is 1.25. The van der Waals surface area contributed by atoms with Crippen molar-refractivity contribution in [2.24, 2.45) is 0 Å². The van der Waals surface area contributed by atoms with Gasteiger partial charge in [0.05, 0.1) is 0 Å². The van der Waals surface area contributed by atoms with Gasteiger partial charge in [-0.3, -0.25) is 9.89 Å². The molecule has 0 saturated heterocycles. The minimum Gasteiger partial charge on any atom is -0.508 e. The Bertz CT molecular complexity index is 508. The van der Waals surface area contributed by atoms with Crippen molar-refractivity contribution in [1.82, 2.24) is 15.2 Å². The van der Waals surface area contributed by atoms with Gasteiger partial charge in [-0.25, -0.2) is 4.98 Å². The summed E-state index contributed by atoms with van der Waals surface area (Å²) in [5, 5.41) is 18.1. The highest BCUT2D eigenvalue weighted by molar-refractivity contribution is 6.01. The number of anilines is 1. The van der Waals surface area contributed by atoms with E-state index in [9.17, 15) is 9.90 Å². The first-order valence-corrected chi connectivity index (χ1v) is 4.63. The van der Waals surface area contributed by atoms with Crippen LogP contribution in [0.2, 0.25) is 0 Å². The minimum atomic E-state index is -0.402. The Morgan fingerprint density at radius 1 is 1.50 bits per heavy atom. The van der Waals surface area contributed by atoms with Gasteiger partial charge >= 0.3 is 0 Å². The predicted molar refractivity (Wildman–Crippen MR) is 57.2 cm³/mol. The van der Waals surface area contributed by atoms with Crippen LogP contribution < -0.4 is 5.32 Å². The first kappa shape index (κ1) is 10.2. The number of aryl methyl sites for hydroxylation is 1. The second kappa shape index (κ2) is 4.01. The molecule has 0 fully saturated rings. The van der Waals surface area contributed by atoms with E-state index in [2.05, 4.69) is 20.5 Å². The number of hydrogen-bond acceptors (Lipinski definition) is 4. The number of nitrogens with one attached hydrogen (secondary N) is 2. The Morgan fingerprint density at radius 3 is 2.94 bits per heavy atom. The van der Waals surface area contributed by atoms with Gasteiger partial charge in [0, 0.05) is 11.8 Å². The van der Waals surface area contributed by atoms with Crippen molar-refractivity contribution in [3.63, 3.8) is 0 Å². The number of hydrogen-bond donors (Lipinski definition) is 3. The van der Waals surface area contributed by atoms with Gasteiger partial charge in [-0.05, 0) is 18.6 Å². The molecule has 6 nitrogen and oxygen atoms in total. The van der Waals surface area contributed by atoms with E-state index in [-0.39, 0.29) is 11.6 Å². The lowest BCUT2D eigenvalue weighted by atomic mass is 10.2. The third-order valence-corrected chi connectivity index (χ3v) is 2.10. The molecule has 16 heavy (non-hydrogen) atoms. The number of rotatable bonds is 2. The number of aromatic nitrogens is 3. The smallest absolute Gasteiger partial charge is 0.292 e. The fraction of sp³-hybridized carbons (Fsp3) is 0.100. The molecule has 0 unspecified atom stereocenters. The number of H-pyrrole nitrogens is 1. The summed E-state index contributed by atoms with van der Waals surface area (Å²) in [7, 11) is 0. The molecular weight excluding hydrogens is 208 g/mol. The average Bonchev–Trinajstić information content (AvgIpc) is 2.77. The van der Waals surface area contributed by atoms with Gasteiger partial charge < -0.3 is 10.4 Å². The van der Waals surface area contributed by atoms with E-state index in [4.69, 9.17) is 0 Å². The van der Waals surface area contributed by atoms with Crippen molar-refractivity contribution >= 4 is 11.6 Å². The highest BCUT2D eigenvalue weighted by Crippen LogP contribution is 2.20. The average molecular weight is 218 g/mol. The summed E-state index contributed by atoms with van der Waals surface area (Å²) in [4.78, 5) is 15.3. The highest BCUT2D eigenvalue weighted by Gasteiger charge is 2.09. The van der Waals surface area contributed by atoms with Gasteiger partial charge in [-0.1, -0.05) is 6.07 Å². The third-order valence-electron chi connectivity index (χ3n) is 2.10. The van der Waals surface area contributed by atoms with Gasteiger partial charge in [0.25, 0.3) is 5.91 Å². The maximum Gasteiger partial charge on any atom is 0.292 e. The number of benzene rings is 1. The molecule has 1 aromatic heterocycles. The monoisotopic (exact) mass is 218 g/mol. The lowest BCUT2D eigenvalue weighted by molar-refractivity contribution is 0.101. The largest absolute Gasteiger partial charge is 0.508 e. The van der Waals surface area contributed by atoms with E-state index in [0.717, 1.165) is 5.56 Å². The Kier molecular flexibility index (Phi) is 2.55. The normalized spacial score (nSPS) is 10.1. The van der Waals surface area contributed by atoms with E-state index >= 15 is 0 Å². The topological polar surface area (TPSA) is 90.9 Å². The Labute approximate surface area is 91.3 Å². The molecule has 2 rings (SSSR count). The molecule has 0 saturated carbocycles. The van der Waals surface area contributed by atoms with E-state index in [1.807, 2.05) is 0 Å². The van der Waals surface area contributed by atoms with Crippen molar-refractivity contribution in [3.8, 4) is 5.75 Å². The molecule has 0 spiro atoms. The van der Waals surface area contributed by atoms with E-state index < -0.39 is 5.91 Å². The summed E-state index contributed by atoms with van der Waals surface area (Å²) in [5.74, 6) is -0.142. The van der Waals surface area contributed by atoms with Crippen molar-refractivity contribution in [3.05, 3.63) is 35.9 Å². The standard InChI is InChI=1S/C10H10N4O2/c1-6-2-3-7(4-8(6)15)13-10(16)9-11-5-12-14-9/h2-5,15H,1H3,(H,13,16)(H,11,12,14). The fourth-order valence-corrected chi connectivity index (χ4v) is 1.19. The highest BCUT2D eigenvalue weighted by atomic mass is 16.3. The summed E-state index contributed by atoms with van der Waals surface area (Å²) < 4.78 is 0. The van der Waals surface area contributed by atoms with Gasteiger partial charge in [0.1, 0.15) is 12.1 Å². The Hall–Kier alpha value is -2.37. The van der Waals surface area contributed by atoms with Crippen molar-refractivity contribution < 1.29 is 9.90 Å². The molecule has 1 amide bonds. The fourth-order valence-electron chi connectivity index (χ4n) is 1.19. The van der Waals surface area contributed by atoms with Crippen LogP contribution in [0.1, 0.15) is 16.2 Å². The zero-order valence-electron chi connectivity index (χ0n) is 8.56. The quantitative estimate of drug-likeness (QED) is 0.703. The number of phenols is 1. The van der Waals surface area contributed by atoms with Crippen LogP contribution >= 0.6 is 0 Å². The maximum atomic E-state index is 11.5. The minimum absolute atomic E-state index is 0.125. The molecule has 2 aromatic rings. The zero-order chi connectivity index (χ0) is 11.5. The number of carbonyl (C=O) groups is 1. The molecule has 1 heterocycles. The van der Waals surface area contributed by atoms with Crippen LogP contribution in [-0.4, -0.2) is 26.2 Å². The summed E-state index contributed by atoms with van der Waals surface area (Å²) in [5.41, 5.74) is 1.25. The molecular formula is C10H10N4O2. The number of nitrogens with zero attached hydrogens (tertiary/aromatic N) is 2. The Balaban J connectivity index is 2.15. The van der Waals surface area contributed by atoms with E-state index in [1.54, 1.807) is 19.1 Å². The van der Waals surface area contributed by atoms with Crippen LogP contribution in [0.25, 0.3) is 0 Å². The first-order chi connectivity index (χ1) is 7.66. The molecule has 0 bridgehead atoms. The van der Waals surface area contributed by atoms with E-state index in [0.29, 0.717) is 5.69 Å². The summed E-state index contributed by atoms with van der Waals surface area (Å²) >= 11 is 0. The first-order valence-electron chi connectivity index (χ1n) is 4.63. The molecule has 3 N–H and O–H groups in total. The number of carbonyl (C=O) groups excluding carboxylic acids is 1. The third kappa shape index (κ3) is 2.00. The molecule has 0 aliphatic carbocycles. The molecule has 0 aliphatic rings. The molecule has 0 atom stereocenters. The van der Waals surface area contributed by atoms with Gasteiger partial charge in [-0.2, -0.15) is 5.10 Å². The molecule has 1 aromatic carbocycles. The SMILES string of the molecule is Cc1ccc(NC(=O)c2ncn[nH]2)cc1O. The van der Waals surface area contributed by atoms with Crippen LogP contribution in [0.15, 0.2) is 24.5 Å². The van der Waals surface area contributed by atoms with Gasteiger partial charge in [0.2, 0.25) is 5.82 Å². The number of aromatic hydroxyl groups is 1. The zero-order valence-corrected chi connectivity index (χ0v) is 8.56. The summed E-state index contributed by atoms with van der Waals surface area (Å²) in [6, 6.07) is 4.89. The van der Waals surface area contributed by atoms with Gasteiger partial charge in [0.15, 0.2) is 0 Å². The van der Waals surface area contributed by atoms with Crippen LogP contribution in [-0.2, 0) is 0 Å². The second-order valence-corrected chi connectivity index (χ2v) is 3.29. The van der Waals surface area contributed by atoms with Crippen LogP contribution in [0.5, 0.6) is 5.75 Å². The van der Waals surface area contributed by atoms with Gasteiger partial charge in [-0.15, -0.1) is 0 Å². The second-order valence-electron chi connectivity index (χ2n) is 3.29. The summed E-state index contributed by atoms with van der Waals surface area (Å²) in [6.45, 7) is 1.78. The number of aromatic amines is 1. The molecule has 82 valence electrons. The lowest BCUT2D eigenvalue weighted by Gasteiger charge is -2.04. The molecule has 0 radical (unpaired) electrons. The maximum absolute atomic E-state index is 11.5. The van der Waals surface area contributed by atoms with E-state index in [1.165, 1.54) is 12.4 Å². The Morgan fingerprint density at radius 2 is 2.31 bits per heavy atom. The molecule has 0 aliphatic heterocycles. The van der Waals surface area contributed by atoms with Crippen molar-refractivity contribution in [1.29, 1.82) is 0 Å².